The van der Waals surface area contributed by atoms with E-state index in [1.54, 1.807) is 17.8 Å². The molecule has 0 bridgehead atoms. The van der Waals surface area contributed by atoms with Crippen molar-refractivity contribution in [1.82, 2.24) is 10.3 Å². The highest BCUT2D eigenvalue weighted by Crippen LogP contribution is 2.00. The van der Waals surface area contributed by atoms with E-state index in [0.29, 0.717) is 31.7 Å². The van der Waals surface area contributed by atoms with Gasteiger partial charge in [-0.25, -0.2) is 4.98 Å². The molecule has 0 spiro atoms. The number of aromatic nitrogens is 1. The minimum atomic E-state index is -0.231. The quantitative estimate of drug-likeness (QED) is 0.601. The van der Waals surface area contributed by atoms with Crippen LogP contribution in [0.15, 0.2) is 10.9 Å². The Morgan fingerprint density at radius 1 is 1.56 bits per heavy atom. The van der Waals surface area contributed by atoms with Crippen molar-refractivity contribution in [3.05, 3.63) is 16.6 Å². The maximum atomic E-state index is 11.4. The second-order valence-electron chi connectivity index (χ2n) is 3.04. The van der Waals surface area contributed by atoms with E-state index >= 15 is 0 Å². The number of rotatable bonds is 6. The van der Waals surface area contributed by atoms with E-state index in [0.717, 1.165) is 0 Å². The summed E-state index contributed by atoms with van der Waals surface area (Å²) in [6.07, 6.45) is 0.903. The van der Waals surface area contributed by atoms with Crippen LogP contribution in [-0.2, 0) is 9.53 Å². The monoisotopic (exact) mass is 242 g/mol. The van der Waals surface area contributed by atoms with E-state index in [4.69, 9.17) is 4.74 Å². The first-order chi connectivity index (χ1) is 7.74. The third-order valence-electron chi connectivity index (χ3n) is 1.81. The van der Waals surface area contributed by atoms with E-state index in [1.165, 1.54) is 11.3 Å². The van der Waals surface area contributed by atoms with Gasteiger partial charge in [-0.1, -0.05) is 0 Å². The number of thiazole rings is 1. The number of carbonyl (C=O) groups is 2. The Morgan fingerprint density at radius 2 is 2.38 bits per heavy atom. The summed E-state index contributed by atoms with van der Waals surface area (Å²) in [5.74, 6) is -0.435. The van der Waals surface area contributed by atoms with Gasteiger partial charge in [-0.3, -0.25) is 9.59 Å². The van der Waals surface area contributed by atoms with Gasteiger partial charge in [-0.05, 0) is 13.3 Å². The lowest BCUT2D eigenvalue weighted by Crippen LogP contribution is -2.25. The van der Waals surface area contributed by atoms with Crippen LogP contribution in [0.25, 0.3) is 0 Å². The summed E-state index contributed by atoms with van der Waals surface area (Å²) in [4.78, 5) is 26.2. The first-order valence-electron chi connectivity index (χ1n) is 5.06. The summed E-state index contributed by atoms with van der Waals surface area (Å²) in [5, 5.41) is 4.36. The molecule has 1 aromatic heterocycles. The highest BCUT2D eigenvalue weighted by Gasteiger charge is 2.07. The number of nitrogens with one attached hydrogen (secondary N) is 1. The zero-order chi connectivity index (χ0) is 11.8. The van der Waals surface area contributed by atoms with Crippen LogP contribution in [0.3, 0.4) is 0 Å². The highest BCUT2D eigenvalue weighted by atomic mass is 32.1. The van der Waals surface area contributed by atoms with Crippen LogP contribution in [0.5, 0.6) is 0 Å². The Balaban J connectivity index is 2.12. The number of amides is 1. The lowest BCUT2D eigenvalue weighted by atomic mass is 10.3. The number of esters is 1. The zero-order valence-corrected chi connectivity index (χ0v) is 9.88. The van der Waals surface area contributed by atoms with Crippen molar-refractivity contribution in [3.63, 3.8) is 0 Å². The van der Waals surface area contributed by atoms with Crippen LogP contribution in [0.1, 0.15) is 30.3 Å². The van der Waals surface area contributed by atoms with Crippen molar-refractivity contribution in [2.24, 2.45) is 0 Å². The molecule has 1 rings (SSSR count). The topological polar surface area (TPSA) is 68.3 Å². The number of carbonyl (C=O) groups excluding carboxylic acids is 2. The van der Waals surface area contributed by atoms with Gasteiger partial charge in [0.1, 0.15) is 5.69 Å². The molecule has 0 aromatic carbocycles. The van der Waals surface area contributed by atoms with Crippen molar-refractivity contribution in [2.45, 2.75) is 19.8 Å². The zero-order valence-electron chi connectivity index (χ0n) is 9.06. The van der Waals surface area contributed by atoms with Gasteiger partial charge < -0.3 is 10.1 Å². The van der Waals surface area contributed by atoms with Gasteiger partial charge in [0.25, 0.3) is 5.91 Å². The van der Waals surface area contributed by atoms with Gasteiger partial charge in [-0.2, -0.15) is 0 Å². The Morgan fingerprint density at radius 3 is 3.00 bits per heavy atom. The molecular formula is C10H14N2O3S. The first-order valence-corrected chi connectivity index (χ1v) is 6.00. The van der Waals surface area contributed by atoms with Crippen LogP contribution in [0.4, 0.5) is 0 Å². The Hall–Kier alpha value is -1.43. The van der Waals surface area contributed by atoms with Crippen molar-refractivity contribution < 1.29 is 14.3 Å². The SMILES string of the molecule is CCOC(=O)CCCNC(=O)c1cscn1. The Kier molecular flexibility index (Phi) is 5.49. The molecule has 0 atom stereocenters. The molecule has 16 heavy (non-hydrogen) atoms. The average Bonchev–Trinajstić information content (AvgIpc) is 2.78. The number of hydrogen-bond donors (Lipinski definition) is 1. The van der Waals surface area contributed by atoms with Crippen molar-refractivity contribution >= 4 is 23.2 Å². The number of ether oxygens (including phenoxy) is 1. The van der Waals surface area contributed by atoms with Gasteiger partial charge in [0.15, 0.2) is 0 Å². The number of nitrogens with zero attached hydrogens (tertiary/aromatic N) is 1. The standard InChI is InChI=1S/C10H14N2O3S/c1-2-15-9(13)4-3-5-11-10(14)8-6-16-7-12-8/h6-7H,2-5H2,1H3,(H,11,14). The van der Waals surface area contributed by atoms with Crippen LogP contribution in [0.2, 0.25) is 0 Å². The van der Waals surface area contributed by atoms with Crippen molar-refractivity contribution in [1.29, 1.82) is 0 Å². The summed E-state index contributed by atoms with van der Waals surface area (Å²) >= 11 is 1.37. The van der Waals surface area contributed by atoms with Gasteiger partial charge >= 0.3 is 5.97 Å². The first kappa shape index (κ1) is 12.6. The fraction of sp³-hybridized carbons (Fsp3) is 0.500. The normalized spacial score (nSPS) is 9.81. The molecule has 0 aliphatic heterocycles. The lowest BCUT2D eigenvalue weighted by molar-refractivity contribution is -0.143. The molecule has 0 aliphatic rings. The van der Waals surface area contributed by atoms with Crippen molar-refractivity contribution in [2.75, 3.05) is 13.2 Å². The fourth-order valence-electron chi connectivity index (χ4n) is 1.08. The third-order valence-corrected chi connectivity index (χ3v) is 2.40. The molecule has 1 heterocycles. The van der Waals surface area contributed by atoms with Crippen LogP contribution in [-0.4, -0.2) is 30.0 Å². The van der Waals surface area contributed by atoms with E-state index in [9.17, 15) is 9.59 Å². The summed E-state index contributed by atoms with van der Waals surface area (Å²) < 4.78 is 4.76. The molecule has 1 amide bonds. The summed E-state index contributed by atoms with van der Waals surface area (Å²) in [7, 11) is 0. The summed E-state index contributed by atoms with van der Waals surface area (Å²) in [6.45, 7) is 2.61. The van der Waals surface area contributed by atoms with Gasteiger partial charge in [-0.15, -0.1) is 11.3 Å². The van der Waals surface area contributed by atoms with E-state index in [-0.39, 0.29) is 11.9 Å². The minimum absolute atomic E-state index is 0.204. The molecule has 5 nitrogen and oxygen atoms in total. The van der Waals surface area contributed by atoms with Gasteiger partial charge in [0.2, 0.25) is 0 Å². The molecule has 0 saturated heterocycles. The summed E-state index contributed by atoms with van der Waals surface area (Å²) in [5.41, 5.74) is 2.02. The molecule has 0 unspecified atom stereocenters. The second-order valence-corrected chi connectivity index (χ2v) is 3.76. The molecule has 1 aromatic rings. The Bertz CT molecular complexity index is 338. The second kappa shape index (κ2) is 6.95. The van der Waals surface area contributed by atoms with Crippen LogP contribution in [0, 0.1) is 0 Å². The molecule has 1 N–H and O–H groups in total. The highest BCUT2D eigenvalue weighted by molar-refractivity contribution is 7.07. The van der Waals surface area contributed by atoms with Crippen molar-refractivity contribution in [3.8, 4) is 0 Å². The van der Waals surface area contributed by atoms with E-state index in [1.807, 2.05) is 0 Å². The molecule has 0 fully saturated rings. The largest absolute Gasteiger partial charge is 0.466 e. The smallest absolute Gasteiger partial charge is 0.305 e. The molecular weight excluding hydrogens is 228 g/mol. The van der Waals surface area contributed by atoms with E-state index in [2.05, 4.69) is 10.3 Å². The minimum Gasteiger partial charge on any atom is -0.466 e. The molecule has 88 valence electrons. The molecule has 6 heteroatoms. The predicted molar refractivity (Wildman–Crippen MR) is 60.3 cm³/mol. The molecule has 0 aliphatic carbocycles. The number of hydrogen-bond acceptors (Lipinski definition) is 5. The summed E-state index contributed by atoms with van der Waals surface area (Å²) in [6, 6.07) is 0. The Labute approximate surface area is 97.8 Å². The molecule has 0 radical (unpaired) electrons. The maximum absolute atomic E-state index is 11.4. The fourth-order valence-corrected chi connectivity index (χ4v) is 1.62. The van der Waals surface area contributed by atoms with Crippen LogP contribution >= 0.6 is 11.3 Å². The lowest BCUT2D eigenvalue weighted by Gasteiger charge is -2.03. The maximum Gasteiger partial charge on any atom is 0.305 e. The van der Waals surface area contributed by atoms with E-state index < -0.39 is 0 Å². The van der Waals surface area contributed by atoms with Gasteiger partial charge in [0, 0.05) is 18.3 Å². The third kappa shape index (κ3) is 4.39. The van der Waals surface area contributed by atoms with Crippen LogP contribution < -0.4 is 5.32 Å². The molecule has 0 saturated carbocycles. The average molecular weight is 242 g/mol. The van der Waals surface area contributed by atoms with Gasteiger partial charge in [0.05, 0.1) is 12.1 Å². The predicted octanol–water partition coefficient (Wildman–Crippen LogP) is 1.22.